The number of rotatable bonds is 9. The van der Waals surface area contributed by atoms with Crippen LogP contribution in [0.2, 0.25) is 10.0 Å². The molecule has 1 N–H and O–H groups in total. The molecule has 0 saturated carbocycles. The van der Waals surface area contributed by atoms with Crippen molar-refractivity contribution in [1.82, 2.24) is 9.62 Å². The van der Waals surface area contributed by atoms with Crippen molar-refractivity contribution in [2.45, 2.75) is 35.9 Å². The van der Waals surface area contributed by atoms with Gasteiger partial charge in [0.15, 0.2) is 0 Å². The Kier molecular flexibility index (Phi) is 10.5. The minimum atomic E-state index is -4.25. The second kappa shape index (κ2) is 14.3. The molecular formula is C34H29BrCl2N2O5S. The summed E-state index contributed by atoms with van der Waals surface area (Å²) in [5.74, 6) is -1.23. The summed E-state index contributed by atoms with van der Waals surface area (Å²) >= 11 is 16.2. The van der Waals surface area contributed by atoms with E-state index in [2.05, 4.69) is 21.2 Å². The molecule has 1 amide bonds. The number of carbonyl (C=O) groups is 2. The van der Waals surface area contributed by atoms with Crippen molar-refractivity contribution < 1.29 is 22.7 Å². The van der Waals surface area contributed by atoms with Gasteiger partial charge in [-0.2, -0.15) is 4.31 Å². The SMILES string of the molecule is COC(=O)[C@H](Cc1ccccc1)NC(=O)C1=CC[C@@H](c2cccc(Cl)c2)N(S(=O)(=O)c2ccc(Br)cc2)[C@H]1c1cccc(Cl)c1. The lowest BCUT2D eigenvalue weighted by atomic mass is 9.88. The molecule has 5 rings (SSSR count). The summed E-state index contributed by atoms with van der Waals surface area (Å²) in [6, 6.07) is 26.4. The fourth-order valence-corrected chi connectivity index (χ4v) is 7.89. The molecule has 0 saturated heterocycles. The van der Waals surface area contributed by atoms with Crippen molar-refractivity contribution in [2.24, 2.45) is 0 Å². The van der Waals surface area contributed by atoms with Gasteiger partial charge in [0.1, 0.15) is 6.04 Å². The van der Waals surface area contributed by atoms with Crippen LogP contribution in [-0.4, -0.2) is 37.8 Å². The van der Waals surface area contributed by atoms with Crippen molar-refractivity contribution in [3.8, 4) is 0 Å². The molecule has 232 valence electrons. The van der Waals surface area contributed by atoms with Gasteiger partial charge < -0.3 is 10.1 Å². The molecule has 0 bridgehead atoms. The molecule has 1 aliphatic rings. The first-order valence-electron chi connectivity index (χ1n) is 14.0. The first-order chi connectivity index (χ1) is 21.6. The highest BCUT2D eigenvalue weighted by Crippen LogP contribution is 2.46. The van der Waals surface area contributed by atoms with Crippen LogP contribution in [0.1, 0.15) is 35.2 Å². The Morgan fingerprint density at radius 3 is 2.16 bits per heavy atom. The van der Waals surface area contributed by atoms with Crippen molar-refractivity contribution in [3.63, 3.8) is 0 Å². The predicted octanol–water partition coefficient (Wildman–Crippen LogP) is 7.46. The summed E-state index contributed by atoms with van der Waals surface area (Å²) in [4.78, 5) is 27.1. The van der Waals surface area contributed by atoms with Gasteiger partial charge in [-0.25, -0.2) is 13.2 Å². The zero-order valence-electron chi connectivity index (χ0n) is 24.1. The standard InChI is InChI=1S/C34H29BrCl2N2O5S/c1-44-34(41)30(19-22-7-3-2-4-8-22)38-33(40)29-17-18-31(23-9-5-11-26(36)20-23)39(32(29)24-10-6-12-27(37)21-24)45(42,43)28-15-13-25(35)14-16-28/h2-17,20-21,30-32H,18-19H2,1H3,(H,38,40)/t30-,31-,32-/m0/s1. The number of hydrogen-bond acceptors (Lipinski definition) is 5. The Morgan fingerprint density at radius 1 is 0.911 bits per heavy atom. The van der Waals surface area contributed by atoms with Gasteiger partial charge in [-0.15, -0.1) is 0 Å². The summed E-state index contributed by atoms with van der Waals surface area (Å²) in [6.07, 6.45) is 2.06. The van der Waals surface area contributed by atoms with Gasteiger partial charge in [0.05, 0.1) is 24.1 Å². The Bertz CT molecular complexity index is 1840. The number of methoxy groups -OCH3 is 1. The summed E-state index contributed by atoms with van der Waals surface area (Å²) in [6.45, 7) is 0. The third kappa shape index (κ3) is 7.51. The molecule has 4 aromatic carbocycles. The van der Waals surface area contributed by atoms with Crippen LogP contribution < -0.4 is 5.32 Å². The average Bonchev–Trinajstić information content (AvgIpc) is 3.04. The van der Waals surface area contributed by atoms with E-state index in [4.69, 9.17) is 27.9 Å². The van der Waals surface area contributed by atoms with E-state index in [9.17, 15) is 18.0 Å². The van der Waals surface area contributed by atoms with E-state index >= 15 is 0 Å². The molecule has 7 nitrogen and oxygen atoms in total. The zero-order chi connectivity index (χ0) is 32.1. The second-order valence-corrected chi connectivity index (χ2v) is 14.1. The van der Waals surface area contributed by atoms with Crippen LogP contribution >= 0.6 is 39.1 Å². The largest absolute Gasteiger partial charge is 0.467 e. The quantitative estimate of drug-likeness (QED) is 0.181. The van der Waals surface area contributed by atoms with Crippen molar-refractivity contribution in [2.75, 3.05) is 7.11 Å². The van der Waals surface area contributed by atoms with E-state index in [0.29, 0.717) is 25.6 Å². The Morgan fingerprint density at radius 2 is 1.53 bits per heavy atom. The highest BCUT2D eigenvalue weighted by molar-refractivity contribution is 9.10. The fraction of sp³-hybridized carbons (Fsp3) is 0.176. The minimum Gasteiger partial charge on any atom is -0.467 e. The highest BCUT2D eigenvalue weighted by atomic mass is 79.9. The minimum absolute atomic E-state index is 0.0444. The Hall–Kier alpha value is -3.47. The number of nitrogens with zero attached hydrogens (tertiary/aromatic N) is 1. The molecule has 0 unspecified atom stereocenters. The van der Waals surface area contributed by atoms with Gasteiger partial charge in [-0.05, 0) is 71.6 Å². The zero-order valence-corrected chi connectivity index (χ0v) is 28.0. The molecule has 0 aromatic heterocycles. The van der Waals surface area contributed by atoms with E-state index in [1.165, 1.54) is 23.5 Å². The topological polar surface area (TPSA) is 92.8 Å². The molecule has 0 fully saturated rings. The number of nitrogens with one attached hydrogen (secondary N) is 1. The maximum absolute atomic E-state index is 14.6. The lowest BCUT2D eigenvalue weighted by Crippen LogP contribution is -2.48. The third-order valence-corrected chi connectivity index (χ3v) is 10.4. The van der Waals surface area contributed by atoms with Gasteiger partial charge in [-0.1, -0.05) is 99.8 Å². The second-order valence-electron chi connectivity index (χ2n) is 10.5. The fourth-order valence-electron chi connectivity index (χ4n) is 5.45. The molecule has 3 atom stereocenters. The number of amides is 1. The Balaban J connectivity index is 1.65. The predicted molar refractivity (Wildman–Crippen MR) is 178 cm³/mol. The summed E-state index contributed by atoms with van der Waals surface area (Å²) in [7, 11) is -3.00. The smallest absolute Gasteiger partial charge is 0.328 e. The molecule has 4 aromatic rings. The molecule has 0 aliphatic carbocycles. The monoisotopic (exact) mass is 726 g/mol. The molecule has 1 heterocycles. The third-order valence-electron chi connectivity index (χ3n) is 7.54. The van der Waals surface area contributed by atoms with Crippen molar-refractivity contribution in [3.05, 3.63) is 146 Å². The van der Waals surface area contributed by atoms with E-state index < -0.39 is 40.0 Å². The number of hydrogen-bond donors (Lipinski definition) is 1. The van der Waals surface area contributed by atoms with Crippen LogP contribution in [0.5, 0.6) is 0 Å². The lowest BCUT2D eigenvalue weighted by Gasteiger charge is -2.41. The summed E-state index contributed by atoms with van der Waals surface area (Å²) in [5.41, 5.74) is 2.10. The molecule has 0 radical (unpaired) electrons. The van der Waals surface area contributed by atoms with Gasteiger partial charge in [0.25, 0.3) is 0 Å². The van der Waals surface area contributed by atoms with Crippen LogP contribution in [0, 0.1) is 0 Å². The average molecular weight is 728 g/mol. The molecule has 11 heteroatoms. The number of halogens is 3. The molecular weight excluding hydrogens is 699 g/mol. The van der Waals surface area contributed by atoms with Crippen LogP contribution in [0.4, 0.5) is 0 Å². The number of sulfonamides is 1. The van der Waals surface area contributed by atoms with Gasteiger partial charge in [-0.3, -0.25) is 4.79 Å². The van der Waals surface area contributed by atoms with Gasteiger partial charge >= 0.3 is 5.97 Å². The van der Waals surface area contributed by atoms with Gasteiger partial charge in [0, 0.05) is 26.5 Å². The number of esters is 1. The van der Waals surface area contributed by atoms with Crippen LogP contribution in [0.3, 0.4) is 0 Å². The number of ether oxygens (including phenoxy) is 1. The highest BCUT2D eigenvalue weighted by Gasteiger charge is 2.45. The number of carbonyl (C=O) groups excluding carboxylic acids is 2. The van der Waals surface area contributed by atoms with Crippen LogP contribution in [-0.2, 0) is 30.8 Å². The van der Waals surface area contributed by atoms with Crippen molar-refractivity contribution >= 4 is 61.0 Å². The maximum Gasteiger partial charge on any atom is 0.328 e. The van der Waals surface area contributed by atoms with Crippen LogP contribution in [0.15, 0.2) is 124 Å². The summed E-state index contributed by atoms with van der Waals surface area (Å²) in [5, 5.41) is 3.64. The number of benzene rings is 4. The van der Waals surface area contributed by atoms with E-state index in [0.717, 1.165) is 5.56 Å². The molecule has 0 spiro atoms. The molecule has 45 heavy (non-hydrogen) atoms. The van der Waals surface area contributed by atoms with E-state index in [1.807, 2.05) is 36.4 Å². The van der Waals surface area contributed by atoms with E-state index in [-0.39, 0.29) is 23.3 Å². The first kappa shape index (κ1) is 32.9. The van der Waals surface area contributed by atoms with Crippen molar-refractivity contribution in [1.29, 1.82) is 0 Å². The summed E-state index contributed by atoms with van der Waals surface area (Å²) < 4.78 is 36.3. The van der Waals surface area contributed by atoms with Crippen LogP contribution in [0.25, 0.3) is 0 Å². The molecule has 1 aliphatic heterocycles. The Labute approximate surface area is 281 Å². The maximum atomic E-state index is 14.6. The van der Waals surface area contributed by atoms with E-state index in [1.54, 1.807) is 60.7 Å². The first-order valence-corrected chi connectivity index (χ1v) is 17.0. The van der Waals surface area contributed by atoms with Gasteiger partial charge in [0.2, 0.25) is 15.9 Å². The normalized spacial score (nSPS) is 17.6. The lowest BCUT2D eigenvalue weighted by molar-refractivity contribution is -0.144.